The Hall–Kier alpha value is -2.49. The van der Waals surface area contributed by atoms with Gasteiger partial charge in [0.05, 0.1) is 18.9 Å². The molecule has 0 saturated carbocycles. The first kappa shape index (κ1) is 16.4. The van der Waals surface area contributed by atoms with Crippen LogP contribution in [0.15, 0.2) is 40.2 Å². The van der Waals surface area contributed by atoms with E-state index in [4.69, 9.17) is 4.42 Å². The molecular weight excluding hydrogens is 347 g/mol. The number of rotatable bonds is 4. The summed E-state index contributed by atoms with van der Waals surface area (Å²) in [6, 6.07) is 3.78. The van der Waals surface area contributed by atoms with Crippen molar-refractivity contribution in [3.8, 4) is 0 Å². The van der Waals surface area contributed by atoms with Gasteiger partial charge < -0.3 is 9.15 Å². The fourth-order valence-electron chi connectivity index (χ4n) is 2.00. The molecule has 0 spiro atoms. The summed E-state index contributed by atoms with van der Waals surface area (Å²) in [4.78, 5) is 11.5. The minimum absolute atomic E-state index is 0.0507. The Morgan fingerprint density at radius 3 is 2.83 bits per heavy atom. The summed E-state index contributed by atoms with van der Waals surface area (Å²) < 4.78 is 49.4. The maximum Gasteiger partial charge on any atom is 0.417 e. The van der Waals surface area contributed by atoms with Crippen LogP contribution in [0.5, 0.6) is 0 Å². The number of carbonyl (C=O) groups excluding carboxylic acids is 1. The average molecular weight is 357 g/mol. The van der Waals surface area contributed by atoms with Crippen LogP contribution in [-0.2, 0) is 16.7 Å². The number of aromatic nitrogens is 3. The van der Waals surface area contributed by atoms with Crippen LogP contribution in [0.2, 0.25) is 0 Å². The average Bonchev–Trinajstić information content (AvgIpc) is 3.17. The van der Waals surface area contributed by atoms with Crippen LogP contribution < -0.4 is 0 Å². The van der Waals surface area contributed by atoms with Crippen LogP contribution in [0, 0.1) is 0 Å². The largest absolute Gasteiger partial charge is 0.463 e. The number of esters is 1. The van der Waals surface area contributed by atoms with Gasteiger partial charge in [0, 0.05) is 17.5 Å². The summed E-state index contributed by atoms with van der Waals surface area (Å²) in [6.07, 6.45) is -2.18. The molecule has 0 amide bonds. The molecule has 0 radical (unpaired) electrons. The van der Waals surface area contributed by atoms with Crippen molar-refractivity contribution in [3.05, 3.63) is 47.5 Å². The molecule has 0 saturated heterocycles. The van der Waals surface area contributed by atoms with E-state index < -0.39 is 17.7 Å². The van der Waals surface area contributed by atoms with Crippen LogP contribution in [0.25, 0.3) is 5.65 Å². The lowest BCUT2D eigenvalue weighted by Gasteiger charge is -2.07. The van der Waals surface area contributed by atoms with Gasteiger partial charge in [0.1, 0.15) is 0 Å². The number of pyridine rings is 1. The Bertz CT molecular complexity index is 888. The Morgan fingerprint density at radius 2 is 2.12 bits per heavy atom. The summed E-state index contributed by atoms with van der Waals surface area (Å²) in [5, 5.41) is 7.97. The van der Waals surface area contributed by atoms with Crippen molar-refractivity contribution >= 4 is 23.4 Å². The summed E-state index contributed by atoms with van der Waals surface area (Å²) in [6.45, 7) is 0. The number of hydrogen-bond donors (Lipinski definition) is 0. The minimum atomic E-state index is -4.46. The molecule has 0 aromatic carbocycles. The fraction of sp³-hybridized carbons (Fsp3) is 0.214. The summed E-state index contributed by atoms with van der Waals surface area (Å²) >= 11 is 1.13. The maximum absolute atomic E-state index is 12.8. The van der Waals surface area contributed by atoms with Gasteiger partial charge >= 0.3 is 12.1 Å². The van der Waals surface area contributed by atoms with E-state index >= 15 is 0 Å². The molecule has 0 fully saturated rings. The number of fused-ring (bicyclic) bond motifs is 1. The zero-order valence-electron chi connectivity index (χ0n) is 12.2. The van der Waals surface area contributed by atoms with E-state index in [1.165, 1.54) is 23.8 Å². The second-order valence-corrected chi connectivity index (χ2v) is 5.62. The highest BCUT2D eigenvalue weighted by molar-refractivity contribution is 7.98. The van der Waals surface area contributed by atoms with Gasteiger partial charge in [-0.15, -0.1) is 10.2 Å². The van der Waals surface area contributed by atoms with Crippen molar-refractivity contribution in [2.24, 2.45) is 0 Å². The van der Waals surface area contributed by atoms with Crippen molar-refractivity contribution in [3.63, 3.8) is 0 Å². The Kier molecular flexibility index (Phi) is 4.22. The van der Waals surface area contributed by atoms with E-state index in [1.54, 1.807) is 6.07 Å². The highest BCUT2D eigenvalue weighted by atomic mass is 32.2. The van der Waals surface area contributed by atoms with Gasteiger partial charge in [0.25, 0.3) is 0 Å². The molecule has 0 unspecified atom stereocenters. The monoisotopic (exact) mass is 357 g/mol. The van der Waals surface area contributed by atoms with Gasteiger partial charge in [0.15, 0.2) is 10.8 Å². The number of halogens is 3. The second kappa shape index (κ2) is 6.19. The highest BCUT2D eigenvalue weighted by Crippen LogP contribution is 2.31. The van der Waals surface area contributed by atoms with E-state index in [1.807, 2.05) is 0 Å². The predicted molar refractivity (Wildman–Crippen MR) is 77.6 cm³/mol. The molecular formula is C14H10F3N3O3S. The first-order valence-corrected chi connectivity index (χ1v) is 7.58. The van der Waals surface area contributed by atoms with E-state index in [-0.39, 0.29) is 16.7 Å². The molecule has 0 aliphatic carbocycles. The van der Waals surface area contributed by atoms with Crippen LogP contribution in [0.1, 0.15) is 21.7 Å². The van der Waals surface area contributed by atoms with E-state index in [2.05, 4.69) is 14.9 Å². The van der Waals surface area contributed by atoms with Gasteiger partial charge in [-0.05, 0) is 18.2 Å². The van der Waals surface area contributed by atoms with Gasteiger partial charge in [-0.25, -0.2) is 4.79 Å². The van der Waals surface area contributed by atoms with Crippen LogP contribution in [0.4, 0.5) is 13.2 Å². The molecule has 0 aliphatic rings. The number of hydrogen-bond acceptors (Lipinski definition) is 6. The Labute approximate surface area is 137 Å². The third-order valence-electron chi connectivity index (χ3n) is 3.17. The number of thioether (sulfide) groups is 1. The quantitative estimate of drug-likeness (QED) is 0.526. The lowest BCUT2D eigenvalue weighted by Crippen LogP contribution is -2.06. The first-order valence-electron chi connectivity index (χ1n) is 6.59. The standard InChI is InChI=1S/C14H10F3N3O3S/c1-22-12(21)11-8(4-5-23-11)7-24-13-19-18-10-3-2-9(6-20(10)13)14(15,16)17/h2-6H,7H2,1H3. The van der Waals surface area contributed by atoms with E-state index in [0.717, 1.165) is 24.0 Å². The number of furan rings is 1. The van der Waals surface area contributed by atoms with Gasteiger partial charge in [-0.1, -0.05) is 11.8 Å². The molecule has 3 aromatic rings. The zero-order valence-corrected chi connectivity index (χ0v) is 13.0. The molecule has 0 bridgehead atoms. The van der Waals surface area contributed by atoms with Gasteiger partial charge in [-0.3, -0.25) is 4.40 Å². The molecule has 3 heterocycles. The zero-order chi connectivity index (χ0) is 17.3. The van der Waals surface area contributed by atoms with Crippen molar-refractivity contribution < 1.29 is 27.1 Å². The van der Waals surface area contributed by atoms with Crippen LogP contribution >= 0.6 is 11.8 Å². The number of methoxy groups -OCH3 is 1. The van der Waals surface area contributed by atoms with Crippen molar-refractivity contribution in [2.45, 2.75) is 17.1 Å². The van der Waals surface area contributed by atoms with Crippen molar-refractivity contribution in [2.75, 3.05) is 7.11 Å². The van der Waals surface area contributed by atoms with E-state index in [9.17, 15) is 18.0 Å². The number of alkyl halides is 3. The number of nitrogens with zero attached hydrogens (tertiary/aromatic N) is 3. The summed E-state index contributed by atoms with van der Waals surface area (Å²) in [5.41, 5.74) is 0.0525. The normalized spacial score (nSPS) is 11.8. The van der Waals surface area contributed by atoms with Gasteiger partial charge in [-0.2, -0.15) is 13.2 Å². The topological polar surface area (TPSA) is 69.6 Å². The van der Waals surface area contributed by atoms with Crippen molar-refractivity contribution in [1.29, 1.82) is 0 Å². The third kappa shape index (κ3) is 3.09. The first-order chi connectivity index (χ1) is 11.4. The third-order valence-corrected chi connectivity index (χ3v) is 4.16. The smallest absolute Gasteiger partial charge is 0.417 e. The Morgan fingerprint density at radius 1 is 1.33 bits per heavy atom. The Balaban J connectivity index is 1.86. The predicted octanol–water partition coefficient (Wildman–Crippen LogP) is 3.42. The minimum Gasteiger partial charge on any atom is -0.463 e. The van der Waals surface area contributed by atoms with Crippen LogP contribution in [-0.4, -0.2) is 27.7 Å². The molecule has 24 heavy (non-hydrogen) atoms. The molecule has 3 aromatic heterocycles. The lowest BCUT2D eigenvalue weighted by molar-refractivity contribution is -0.137. The number of ether oxygens (including phenoxy) is 1. The lowest BCUT2D eigenvalue weighted by atomic mass is 10.3. The molecule has 0 N–H and O–H groups in total. The SMILES string of the molecule is COC(=O)c1occc1CSc1nnc2ccc(C(F)(F)F)cn12. The summed E-state index contributed by atoms with van der Waals surface area (Å²) in [5.74, 6) is -0.311. The molecule has 6 nitrogen and oxygen atoms in total. The maximum atomic E-state index is 12.8. The molecule has 10 heteroatoms. The van der Waals surface area contributed by atoms with Crippen molar-refractivity contribution in [1.82, 2.24) is 14.6 Å². The number of carbonyl (C=O) groups is 1. The van der Waals surface area contributed by atoms with Crippen LogP contribution in [0.3, 0.4) is 0 Å². The molecule has 0 atom stereocenters. The molecule has 126 valence electrons. The highest BCUT2D eigenvalue weighted by Gasteiger charge is 2.31. The molecule has 3 rings (SSSR count). The van der Waals surface area contributed by atoms with Gasteiger partial charge in [0.2, 0.25) is 5.76 Å². The molecule has 0 aliphatic heterocycles. The fourth-order valence-corrected chi connectivity index (χ4v) is 2.90. The summed E-state index contributed by atoms with van der Waals surface area (Å²) in [7, 11) is 1.23. The second-order valence-electron chi connectivity index (χ2n) is 4.68. The van der Waals surface area contributed by atoms with E-state index in [0.29, 0.717) is 11.2 Å².